The molecule has 0 aliphatic carbocycles. The number of nitrogens with zero attached hydrogens (tertiary/aromatic N) is 1. The maximum atomic E-state index is 6.99. The molecule has 3 heterocycles. The summed E-state index contributed by atoms with van der Waals surface area (Å²) < 4.78 is 16.3. The van der Waals surface area contributed by atoms with E-state index in [1.165, 1.54) is 36.9 Å². The van der Waals surface area contributed by atoms with E-state index in [9.17, 15) is 0 Å². The summed E-state index contributed by atoms with van der Waals surface area (Å²) in [6, 6.07) is 71.2. The largest absolute Gasteiger partial charge is 0.454 e. The van der Waals surface area contributed by atoms with Crippen LogP contribution in [0.5, 0.6) is 0 Å². The van der Waals surface area contributed by atoms with Gasteiger partial charge in [0, 0.05) is 53.0 Å². The van der Waals surface area contributed by atoms with Gasteiger partial charge in [0.2, 0.25) is 0 Å². The third-order valence-corrected chi connectivity index (χ3v) is 12.7. The first-order chi connectivity index (χ1) is 28.8. The second kappa shape index (κ2) is 13.1. The van der Waals surface area contributed by atoms with Crippen LogP contribution in [0.3, 0.4) is 0 Å². The van der Waals surface area contributed by atoms with Crippen LogP contribution < -0.4 is 4.90 Å². The highest BCUT2D eigenvalue weighted by molar-refractivity contribution is 7.26. The summed E-state index contributed by atoms with van der Waals surface area (Å²) in [5, 5.41) is 6.89. The fourth-order valence-corrected chi connectivity index (χ4v) is 9.99. The first-order valence-electron chi connectivity index (χ1n) is 19.6. The minimum atomic E-state index is 0.822. The van der Waals surface area contributed by atoms with Gasteiger partial charge in [0.25, 0.3) is 0 Å². The van der Waals surface area contributed by atoms with Gasteiger partial charge in [-0.1, -0.05) is 158 Å². The summed E-state index contributed by atoms with van der Waals surface area (Å²) in [6.45, 7) is 0. The molecule has 0 aliphatic rings. The highest BCUT2D eigenvalue weighted by Gasteiger charge is 2.24. The quantitative estimate of drug-likeness (QED) is 0.169. The van der Waals surface area contributed by atoms with Crippen molar-refractivity contribution >= 4 is 92.4 Å². The first kappa shape index (κ1) is 32.8. The second-order valence-corrected chi connectivity index (χ2v) is 15.9. The molecule has 0 N–H and O–H groups in total. The minimum absolute atomic E-state index is 0.822. The average Bonchev–Trinajstić information content (AvgIpc) is 3.99. The number of thiophene rings is 1. The number of anilines is 3. The zero-order chi connectivity index (χ0) is 38.2. The van der Waals surface area contributed by atoms with E-state index >= 15 is 0 Å². The average molecular weight is 760 g/mol. The van der Waals surface area contributed by atoms with E-state index in [-0.39, 0.29) is 0 Å². The number of rotatable bonds is 6. The van der Waals surface area contributed by atoms with Crippen molar-refractivity contribution < 1.29 is 8.83 Å². The predicted octanol–water partition coefficient (Wildman–Crippen LogP) is 16.3. The molecule has 0 atom stereocenters. The molecule has 0 saturated carbocycles. The summed E-state index contributed by atoms with van der Waals surface area (Å²) in [5.41, 5.74) is 13.3. The third kappa shape index (κ3) is 5.12. The van der Waals surface area contributed by atoms with E-state index < -0.39 is 0 Å². The van der Waals surface area contributed by atoms with E-state index in [1.807, 2.05) is 29.5 Å². The molecule has 0 unspecified atom stereocenters. The van der Waals surface area contributed by atoms with Crippen molar-refractivity contribution in [1.82, 2.24) is 0 Å². The Morgan fingerprint density at radius 1 is 0.345 bits per heavy atom. The maximum absolute atomic E-state index is 6.99. The lowest BCUT2D eigenvalue weighted by molar-refractivity contribution is 0.666. The molecular weight excluding hydrogens is 727 g/mol. The highest BCUT2D eigenvalue weighted by atomic mass is 32.1. The monoisotopic (exact) mass is 759 g/mol. The zero-order valence-corrected chi connectivity index (χ0v) is 32.0. The van der Waals surface area contributed by atoms with Crippen molar-refractivity contribution in [3.63, 3.8) is 0 Å². The number of hydrogen-bond acceptors (Lipinski definition) is 4. The molecule has 0 radical (unpaired) electrons. The Labute approximate surface area is 338 Å². The van der Waals surface area contributed by atoms with Gasteiger partial charge in [-0.15, -0.1) is 11.3 Å². The Balaban J connectivity index is 1.03. The summed E-state index contributed by atoms with van der Waals surface area (Å²) in [7, 11) is 0. The SMILES string of the molecule is c1ccc(-c2cccc3c2oc2c(N(c4ccc(-c5ccc6sc7c(-c8ccccc8)cccc7c6c5)cc4)c4cccc5c4oc4ccccc45)cccc23)cc1. The van der Waals surface area contributed by atoms with E-state index in [1.54, 1.807) is 0 Å². The maximum Gasteiger partial charge on any atom is 0.159 e. The molecule has 9 aromatic carbocycles. The van der Waals surface area contributed by atoms with E-state index in [4.69, 9.17) is 8.83 Å². The summed E-state index contributed by atoms with van der Waals surface area (Å²) in [4.78, 5) is 2.29. The third-order valence-electron chi connectivity index (χ3n) is 11.5. The van der Waals surface area contributed by atoms with Crippen LogP contribution in [0.15, 0.2) is 209 Å². The standard InChI is InChI=1S/C54H33NO2S/c1-3-13-35(14-4-1)39-18-9-20-43-44-22-12-25-48(53(44)57-51(39)43)55(47-24-11-21-42-41-17-7-8-26-49(41)56-52(42)47)38-30-27-34(28-31-38)37-29-32-50-46(33-37)45-23-10-19-40(54(45)58-50)36-15-5-2-6-16-36/h1-33H. The Hall–Kier alpha value is -7.40. The first-order valence-corrected chi connectivity index (χ1v) is 20.4. The van der Waals surface area contributed by atoms with E-state index in [2.05, 4.69) is 187 Å². The molecule has 12 aromatic rings. The van der Waals surface area contributed by atoms with Crippen molar-refractivity contribution in [1.29, 1.82) is 0 Å². The van der Waals surface area contributed by atoms with Gasteiger partial charge in [-0.3, -0.25) is 0 Å². The number of para-hydroxylation sites is 4. The highest BCUT2D eigenvalue weighted by Crippen LogP contribution is 2.48. The van der Waals surface area contributed by atoms with Crippen LogP contribution in [-0.4, -0.2) is 0 Å². The van der Waals surface area contributed by atoms with Crippen LogP contribution in [0.4, 0.5) is 17.1 Å². The fourth-order valence-electron chi connectivity index (χ4n) is 8.77. The Morgan fingerprint density at radius 2 is 0.897 bits per heavy atom. The normalized spacial score (nSPS) is 11.8. The molecule has 0 bridgehead atoms. The van der Waals surface area contributed by atoms with Crippen molar-refractivity contribution in [3.05, 3.63) is 200 Å². The number of furan rings is 2. The molecule has 0 saturated heterocycles. The van der Waals surface area contributed by atoms with Crippen molar-refractivity contribution in [2.24, 2.45) is 0 Å². The molecule has 0 amide bonds. The summed E-state index contributed by atoms with van der Waals surface area (Å²) in [6.07, 6.45) is 0. The van der Waals surface area contributed by atoms with Gasteiger partial charge < -0.3 is 13.7 Å². The van der Waals surface area contributed by atoms with Crippen LogP contribution in [0.1, 0.15) is 0 Å². The number of fused-ring (bicyclic) bond motifs is 9. The van der Waals surface area contributed by atoms with Crippen LogP contribution in [0, 0.1) is 0 Å². The van der Waals surface area contributed by atoms with Crippen LogP contribution in [-0.2, 0) is 0 Å². The Morgan fingerprint density at radius 3 is 1.64 bits per heavy atom. The van der Waals surface area contributed by atoms with Gasteiger partial charge in [-0.2, -0.15) is 0 Å². The van der Waals surface area contributed by atoms with Gasteiger partial charge in [0.15, 0.2) is 11.2 Å². The predicted molar refractivity (Wildman–Crippen MR) is 245 cm³/mol. The lowest BCUT2D eigenvalue weighted by atomic mass is 10.00. The van der Waals surface area contributed by atoms with Gasteiger partial charge in [0.1, 0.15) is 11.2 Å². The van der Waals surface area contributed by atoms with Crippen molar-refractivity contribution in [3.8, 4) is 33.4 Å². The summed E-state index contributed by atoms with van der Waals surface area (Å²) >= 11 is 1.87. The Kier molecular flexibility index (Phi) is 7.40. The lowest BCUT2D eigenvalue weighted by Gasteiger charge is -2.25. The van der Waals surface area contributed by atoms with Gasteiger partial charge >= 0.3 is 0 Å². The number of benzene rings is 9. The van der Waals surface area contributed by atoms with Crippen molar-refractivity contribution in [2.75, 3.05) is 4.90 Å². The van der Waals surface area contributed by atoms with E-state index in [0.29, 0.717) is 0 Å². The van der Waals surface area contributed by atoms with Gasteiger partial charge in [0.05, 0.1) is 11.4 Å². The number of hydrogen-bond donors (Lipinski definition) is 0. The van der Waals surface area contributed by atoms with Crippen LogP contribution in [0.25, 0.3) is 97.4 Å². The molecule has 3 nitrogen and oxygen atoms in total. The molecular formula is C54H33NO2S. The van der Waals surface area contributed by atoms with Gasteiger partial charge in [-0.05, 0) is 70.3 Å². The molecule has 4 heteroatoms. The minimum Gasteiger partial charge on any atom is -0.454 e. The van der Waals surface area contributed by atoms with Crippen molar-refractivity contribution in [2.45, 2.75) is 0 Å². The smallest absolute Gasteiger partial charge is 0.159 e. The van der Waals surface area contributed by atoms with Crippen LogP contribution in [0.2, 0.25) is 0 Å². The topological polar surface area (TPSA) is 29.5 Å². The molecule has 272 valence electrons. The molecule has 58 heavy (non-hydrogen) atoms. The molecule has 12 rings (SSSR count). The zero-order valence-electron chi connectivity index (χ0n) is 31.2. The molecule has 0 fully saturated rings. The van der Waals surface area contributed by atoms with Gasteiger partial charge in [-0.25, -0.2) is 0 Å². The molecule has 0 spiro atoms. The fraction of sp³-hybridized carbons (Fsp3) is 0. The second-order valence-electron chi connectivity index (χ2n) is 14.8. The molecule has 0 aliphatic heterocycles. The molecule has 3 aromatic heterocycles. The van der Waals surface area contributed by atoms with Crippen LogP contribution >= 0.6 is 11.3 Å². The van der Waals surface area contributed by atoms with E-state index in [0.717, 1.165) is 77.6 Å². The Bertz CT molecular complexity index is 3500. The lowest BCUT2D eigenvalue weighted by Crippen LogP contribution is -2.10. The summed E-state index contributed by atoms with van der Waals surface area (Å²) in [5.74, 6) is 0.